The highest BCUT2D eigenvalue weighted by atomic mass is 16.4. The van der Waals surface area contributed by atoms with E-state index in [0.717, 1.165) is 6.42 Å². The number of hydrogen-bond acceptors (Lipinski definition) is 3. The molecule has 0 aliphatic rings. The second-order valence-electron chi connectivity index (χ2n) is 4.82. The zero-order chi connectivity index (χ0) is 15.7. The van der Waals surface area contributed by atoms with Crippen molar-refractivity contribution in [1.29, 1.82) is 0 Å². The molecule has 0 rings (SSSR count). The molecule has 0 fully saturated rings. The molecule has 0 aliphatic heterocycles. The molecule has 7 heteroatoms. The Hall–Kier alpha value is -1.79. The molecule has 0 aromatic heterocycles. The van der Waals surface area contributed by atoms with E-state index in [2.05, 4.69) is 5.32 Å². The van der Waals surface area contributed by atoms with Gasteiger partial charge in [0.2, 0.25) is 0 Å². The fourth-order valence-electron chi connectivity index (χ4n) is 1.63. The van der Waals surface area contributed by atoms with Crippen LogP contribution < -0.4 is 5.32 Å². The van der Waals surface area contributed by atoms with Crippen molar-refractivity contribution in [1.82, 2.24) is 10.2 Å². The van der Waals surface area contributed by atoms with Crippen LogP contribution in [-0.2, 0) is 9.59 Å². The number of urea groups is 1. The summed E-state index contributed by atoms with van der Waals surface area (Å²) in [7, 11) is 0. The summed E-state index contributed by atoms with van der Waals surface area (Å²) in [6, 6.07) is -1.64. The zero-order valence-electron chi connectivity index (χ0n) is 12.3. The first-order chi connectivity index (χ1) is 9.31. The van der Waals surface area contributed by atoms with E-state index in [9.17, 15) is 14.4 Å². The van der Waals surface area contributed by atoms with Crippen molar-refractivity contribution in [3.63, 3.8) is 0 Å². The van der Waals surface area contributed by atoms with Crippen LogP contribution in [0.4, 0.5) is 4.79 Å². The van der Waals surface area contributed by atoms with Crippen molar-refractivity contribution >= 4 is 18.0 Å². The second-order valence-corrected chi connectivity index (χ2v) is 4.82. The molecule has 0 saturated heterocycles. The van der Waals surface area contributed by atoms with Crippen molar-refractivity contribution in [2.75, 3.05) is 13.1 Å². The fourth-order valence-corrected chi connectivity index (χ4v) is 1.63. The Morgan fingerprint density at radius 3 is 2.20 bits per heavy atom. The third-order valence-electron chi connectivity index (χ3n) is 3.14. The van der Waals surface area contributed by atoms with Gasteiger partial charge in [0.1, 0.15) is 6.04 Å². The highest BCUT2D eigenvalue weighted by Gasteiger charge is 2.23. The number of nitrogens with zero attached hydrogens (tertiary/aromatic N) is 1. The first kappa shape index (κ1) is 18.2. The van der Waals surface area contributed by atoms with Gasteiger partial charge < -0.3 is 20.4 Å². The van der Waals surface area contributed by atoms with Crippen LogP contribution in [-0.4, -0.2) is 52.2 Å². The van der Waals surface area contributed by atoms with Crippen molar-refractivity contribution in [3.8, 4) is 0 Å². The molecule has 2 unspecified atom stereocenters. The topological polar surface area (TPSA) is 107 Å². The third kappa shape index (κ3) is 6.96. The predicted octanol–water partition coefficient (Wildman–Crippen LogP) is 1.38. The Labute approximate surface area is 119 Å². The molecule has 20 heavy (non-hydrogen) atoms. The highest BCUT2D eigenvalue weighted by Crippen LogP contribution is 2.06. The summed E-state index contributed by atoms with van der Waals surface area (Å²) in [4.78, 5) is 35.0. The summed E-state index contributed by atoms with van der Waals surface area (Å²) in [5, 5.41) is 19.9. The maximum absolute atomic E-state index is 12.0. The molecule has 0 heterocycles. The monoisotopic (exact) mass is 288 g/mol. The Bertz CT molecular complexity index is 346. The molecule has 0 bridgehead atoms. The van der Waals surface area contributed by atoms with E-state index < -0.39 is 24.0 Å². The van der Waals surface area contributed by atoms with E-state index in [0.29, 0.717) is 19.0 Å². The number of rotatable bonds is 9. The van der Waals surface area contributed by atoms with Gasteiger partial charge in [-0.1, -0.05) is 20.3 Å². The number of carboxylic acid groups (broad SMARTS) is 2. The number of carbonyl (C=O) groups is 3. The summed E-state index contributed by atoms with van der Waals surface area (Å²) in [6.45, 7) is 6.86. The van der Waals surface area contributed by atoms with Crippen LogP contribution >= 0.6 is 0 Å². The van der Waals surface area contributed by atoms with Crippen molar-refractivity contribution in [3.05, 3.63) is 0 Å². The van der Waals surface area contributed by atoms with E-state index >= 15 is 0 Å². The first-order valence-electron chi connectivity index (χ1n) is 6.81. The van der Waals surface area contributed by atoms with Gasteiger partial charge in [-0.15, -0.1) is 0 Å². The first-order valence-corrected chi connectivity index (χ1v) is 6.81. The van der Waals surface area contributed by atoms with Crippen LogP contribution in [0.3, 0.4) is 0 Å². The van der Waals surface area contributed by atoms with Gasteiger partial charge in [-0.25, -0.2) is 9.59 Å². The van der Waals surface area contributed by atoms with Crippen molar-refractivity contribution in [2.24, 2.45) is 5.92 Å². The van der Waals surface area contributed by atoms with Gasteiger partial charge in [0.15, 0.2) is 0 Å². The summed E-state index contributed by atoms with van der Waals surface area (Å²) in [5.41, 5.74) is 0. The highest BCUT2D eigenvalue weighted by molar-refractivity contribution is 5.83. The lowest BCUT2D eigenvalue weighted by Gasteiger charge is -2.26. The Morgan fingerprint density at radius 2 is 1.80 bits per heavy atom. The number of nitrogens with one attached hydrogen (secondary N) is 1. The summed E-state index contributed by atoms with van der Waals surface area (Å²) in [5.74, 6) is -1.99. The third-order valence-corrected chi connectivity index (χ3v) is 3.14. The molecule has 2 atom stereocenters. The van der Waals surface area contributed by atoms with Crippen LogP contribution in [0.5, 0.6) is 0 Å². The van der Waals surface area contributed by atoms with Gasteiger partial charge in [0.05, 0.1) is 0 Å². The second kappa shape index (κ2) is 9.17. The fraction of sp³-hybridized carbons (Fsp3) is 0.769. The lowest BCUT2D eigenvalue weighted by Crippen LogP contribution is -2.49. The van der Waals surface area contributed by atoms with Crippen LogP contribution in [0.1, 0.15) is 40.0 Å². The van der Waals surface area contributed by atoms with Crippen LogP contribution in [0.25, 0.3) is 0 Å². The smallest absolute Gasteiger partial charge is 0.326 e. The van der Waals surface area contributed by atoms with Gasteiger partial charge in [-0.3, -0.25) is 4.79 Å². The average molecular weight is 288 g/mol. The minimum Gasteiger partial charge on any atom is -0.481 e. The van der Waals surface area contributed by atoms with Gasteiger partial charge in [-0.05, 0) is 19.3 Å². The van der Waals surface area contributed by atoms with Crippen molar-refractivity contribution < 1.29 is 24.6 Å². The SMILES string of the molecule is CCC(C)CN(CC)C(=O)NC(CCC(=O)O)C(=O)O. The molecule has 7 nitrogen and oxygen atoms in total. The summed E-state index contributed by atoms with van der Waals surface area (Å²) >= 11 is 0. The lowest BCUT2D eigenvalue weighted by molar-refractivity contribution is -0.140. The van der Waals surface area contributed by atoms with Crippen molar-refractivity contribution in [2.45, 2.75) is 46.1 Å². The number of hydrogen-bond donors (Lipinski definition) is 3. The Morgan fingerprint density at radius 1 is 1.20 bits per heavy atom. The van der Waals surface area contributed by atoms with E-state index in [-0.39, 0.29) is 12.8 Å². The van der Waals surface area contributed by atoms with Gasteiger partial charge in [0, 0.05) is 19.5 Å². The Kier molecular flexibility index (Phi) is 8.35. The molecule has 0 spiro atoms. The molecule has 116 valence electrons. The normalized spacial score (nSPS) is 13.3. The zero-order valence-corrected chi connectivity index (χ0v) is 12.3. The molecular weight excluding hydrogens is 264 g/mol. The lowest BCUT2D eigenvalue weighted by atomic mass is 10.1. The van der Waals surface area contributed by atoms with E-state index in [1.165, 1.54) is 4.90 Å². The summed E-state index contributed by atoms with van der Waals surface area (Å²) < 4.78 is 0. The molecular formula is C13H24N2O5. The molecule has 2 amide bonds. The van der Waals surface area contributed by atoms with E-state index in [4.69, 9.17) is 10.2 Å². The quantitative estimate of drug-likeness (QED) is 0.594. The number of amides is 2. The summed E-state index contributed by atoms with van der Waals surface area (Å²) in [6.07, 6.45) is 0.497. The molecule has 0 aliphatic carbocycles. The number of aliphatic carboxylic acids is 2. The minimum atomic E-state index is -1.22. The maximum Gasteiger partial charge on any atom is 0.326 e. The van der Waals surface area contributed by atoms with E-state index in [1.54, 1.807) is 0 Å². The van der Waals surface area contributed by atoms with Gasteiger partial charge in [-0.2, -0.15) is 0 Å². The minimum absolute atomic E-state index is 0.128. The molecule has 0 radical (unpaired) electrons. The predicted molar refractivity (Wildman–Crippen MR) is 73.5 cm³/mol. The largest absolute Gasteiger partial charge is 0.481 e. The van der Waals surface area contributed by atoms with Crippen LogP contribution in [0.2, 0.25) is 0 Å². The van der Waals surface area contributed by atoms with Gasteiger partial charge >= 0.3 is 18.0 Å². The van der Waals surface area contributed by atoms with Crippen LogP contribution in [0, 0.1) is 5.92 Å². The molecule has 3 N–H and O–H groups in total. The van der Waals surface area contributed by atoms with Crippen LogP contribution in [0.15, 0.2) is 0 Å². The average Bonchev–Trinajstić information content (AvgIpc) is 2.39. The van der Waals surface area contributed by atoms with Gasteiger partial charge in [0.25, 0.3) is 0 Å². The van der Waals surface area contributed by atoms with E-state index in [1.807, 2.05) is 20.8 Å². The number of carbonyl (C=O) groups excluding carboxylic acids is 1. The maximum atomic E-state index is 12.0. The molecule has 0 saturated carbocycles. The Balaban J connectivity index is 4.55. The number of carboxylic acids is 2. The molecule has 0 aromatic rings. The molecule has 0 aromatic carbocycles. The standard InChI is InChI=1S/C13H24N2O5/c1-4-9(3)8-15(5-2)13(20)14-10(12(18)19)6-7-11(16)17/h9-10H,4-8H2,1-3H3,(H,14,20)(H,16,17)(H,18,19).